The third-order valence-electron chi connectivity index (χ3n) is 5.43. The summed E-state index contributed by atoms with van der Waals surface area (Å²) in [4.78, 5) is 26.9. The van der Waals surface area contributed by atoms with Crippen LogP contribution in [0.25, 0.3) is 0 Å². The largest absolute Gasteiger partial charge is 0.467 e. The maximum Gasteiger partial charge on any atom is 0.325 e. The molecule has 2 aromatic carbocycles. The third kappa shape index (κ3) is 3.46. The van der Waals surface area contributed by atoms with E-state index in [2.05, 4.69) is 12.2 Å². The van der Waals surface area contributed by atoms with E-state index in [9.17, 15) is 14.0 Å². The minimum atomic E-state index is -1.17. The van der Waals surface area contributed by atoms with Gasteiger partial charge in [0.25, 0.3) is 5.91 Å². The number of nitrogens with zero attached hydrogens (tertiary/aromatic N) is 1. The Morgan fingerprint density at radius 2 is 1.97 bits per heavy atom. The fourth-order valence-corrected chi connectivity index (χ4v) is 3.87. The van der Waals surface area contributed by atoms with E-state index in [0.717, 1.165) is 17.7 Å². The number of hydrogen-bond acceptors (Lipinski definition) is 4. The summed E-state index contributed by atoms with van der Waals surface area (Å²) in [5.74, 6) is -0.374. The zero-order valence-corrected chi connectivity index (χ0v) is 16.5. The number of aryl methyl sites for hydroxylation is 1. The Kier molecular flexibility index (Phi) is 5.00. The SMILES string of the molecule is CCCc1ccc(C2(C)NC(=O)N(Cc3cc(F)cc4c3OCOC4)C2=O)cc1. The molecule has 4 rings (SSSR count). The van der Waals surface area contributed by atoms with Gasteiger partial charge in [0.1, 0.15) is 17.1 Å². The number of carbonyl (C=O) groups is 2. The smallest absolute Gasteiger partial charge is 0.325 e. The normalized spacial score (nSPS) is 21.0. The van der Waals surface area contributed by atoms with Gasteiger partial charge in [-0.05, 0) is 36.6 Å². The van der Waals surface area contributed by atoms with Crippen LogP contribution < -0.4 is 10.1 Å². The van der Waals surface area contributed by atoms with Crippen molar-refractivity contribution in [3.05, 3.63) is 64.5 Å². The van der Waals surface area contributed by atoms with Crippen LogP contribution in [0, 0.1) is 5.82 Å². The fraction of sp³-hybridized carbons (Fsp3) is 0.364. The van der Waals surface area contributed by atoms with Gasteiger partial charge in [0.05, 0.1) is 13.2 Å². The Balaban J connectivity index is 1.61. The van der Waals surface area contributed by atoms with Crippen LogP contribution in [-0.4, -0.2) is 23.6 Å². The molecular formula is C22H23FN2O4. The molecule has 2 aromatic rings. The zero-order valence-electron chi connectivity index (χ0n) is 16.5. The molecule has 1 atom stereocenters. The molecule has 3 amide bonds. The number of fused-ring (bicyclic) bond motifs is 1. The lowest BCUT2D eigenvalue weighted by Gasteiger charge is -2.24. The fourth-order valence-electron chi connectivity index (χ4n) is 3.87. The zero-order chi connectivity index (χ0) is 20.6. The van der Waals surface area contributed by atoms with Crippen molar-refractivity contribution in [3.8, 4) is 5.75 Å². The molecule has 29 heavy (non-hydrogen) atoms. The Labute approximate surface area is 168 Å². The van der Waals surface area contributed by atoms with Crippen molar-refractivity contribution in [3.63, 3.8) is 0 Å². The van der Waals surface area contributed by atoms with E-state index in [1.165, 1.54) is 17.7 Å². The first kappa shape index (κ1) is 19.4. The maximum atomic E-state index is 14.0. The van der Waals surface area contributed by atoms with Gasteiger partial charge < -0.3 is 14.8 Å². The van der Waals surface area contributed by atoms with Gasteiger partial charge in [-0.2, -0.15) is 0 Å². The second kappa shape index (κ2) is 7.48. The number of rotatable bonds is 5. The number of benzene rings is 2. The summed E-state index contributed by atoms with van der Waals surface area (Å²) in [6.07, 6.45) is 1.99. The van der Waals surface area contributed by atoms with Crippen molar-refractivity contribution in [2.45, 2.75) is 45.4 Å². The molecule has 7 heteroatoms. The lowest BCUT2D eigenvalue weighted by Crippen LogP contribution is -2.40. The molecule has 0 radical (unpaired) electrons. The molecule has 2 aliphatic heterocycles. The molecule has 152 valence electrons. The number of hydrogen-bond donors (Lipinski definition) is 1. The number of amides is 3. The number of ether oxygens (including phenoxy) is 2. The predicted molar refractivity (Wildman–Crippen MR) is 104 cm³/mol. The van der Waals surface area contributed by atoms with Crippen molar-refractivity contribution in [2.75, 3.05) is 6.79 Å². The standard InChI is InChI=1S/C22H23FN2O4/c1-3-4-14-5-7-17(8-6-14)22(2)20(26)25(21(27)24-22)11-15-9-18(23)10-16-12-28-13-29-19(15)16/h5-10H,3-4,11-13H2,1-2H3,(H,24,27). The highest BCUT2D eigenvalue weighted by Crippen LogP contribution is 2.34. The lowest BCUT2D eigenvalue weighted by molar-refractivity contribution is -0.131. The van der Waals surface area contributed by atoms with E-state index in [0.29, 0.717) is 22.4 Å². The molecule has 2 heterocycles. The van der Waals surface area contributed by atoms with E-state index >= 15 is 0 Å². The van der Waals surface area contributed by atoms with Crippen LogP contribution in [0.5, 0.6) is 5.75 Å². The quantitative estimate of drug-likeness (QED) is 0.782. The Hall–Kier alpha value is -2.93. The van der Waals surface area contributed by atoms with Gasteiger partial charge in [-0.15, -0.1) is 0 Å². The number of nitrogens with one attached hydrogen (secondary N) is 1. The molecule has 0 aliphatic carbocycles. The highest BCUT2D eigenvalue weighted by molar-refractivity contribution is 6.07. The second-order valence-corrected chi connectivity index (χ2v) is 7.56. The summed E-state index contributed by atoms with van der Waals surface area (Å²) in [7, 11) is 0. The second-order valence-electron chi connectivity index (χ2n) is 7.56. The topological polar surface area (TPSA) is 67.9 Å². The number of halogens is 1. The monoisotopic (exact) mass is 398 g/mol. The van der Waals surface area contributed by atoms with E-state index in [1.54, 1.807) is 6.92 Å². The van der Waals surface area contributed by atoms with Crippen molar-refractivity contribution < 1.29 is 23.5 Å². The summed E-state index contributed by atoms with van der Waals surface area (Å²) in [6.45, 7) is 3.99. The van der Waals surface area contributed by atoms with Gasteiger partial charge in [-0.25, -0.2) is 9.18 Å². The molecule has 1 unspecified atom stereocenters. The Bertz CT molecular complexity index is 960. The van der Waals surface area contributed by atoms with E-state index in [4.69, 9.17) is 9.47 Å². The first-order valence-corrected chi connectivity index (χ1v) is 9.67. The van der Waals surface area contributed by atoms with Crippen LogP contribution >= 0.6 is 0 Å². The summed E-state index contributed by atoms with van der Waals surface area (Å²) in [5.41, 5.74) is 1.73. The summed E-state index contributed by atoms with van der Waals surface area (Å²) in [5, 5.41) is 2.79. The van der Waals surface area contributed by atoms with Gasteiger partial charge in [0.15, 0.2) is 6.79 Å². The minimum Gasteiger partial charge on any atom is -0.467 e. The number of imide groups is 1. The van der Waals surface area contributed by atoms with E-state index < -0.39 is 17.4 Å². The van der Waals surface area contributed by atoms with Gasteiger partial charge in [0, 0.05) is 11.1 Å². The first-order chi connectivity index (χ1) is 13.9. The Morgan fingerprint density at radius 1 is 1.21 bits per heavy atom. The average Bonchev–Trinajstić information content (AvgIpc) is 2.92. The number of urea groups is 1. The lowest BCUT2D eigenvalue weighted by atomic mass is 9.91. The van der Waals surface area contributed by atoms with Gasteiger partial charge in [-0.1, -0.05) is 37.6 Å². The molecule has 0 bridgehead atoms. The third-order valence-corrected chi connectivity index (χ3v) is 5.43. The predicted octanol–water partition coefficient (Wildman–Crippen LogP) is 3.61. The van der Waals surface area contributed by atoms with Gasteiger partial charge in [-0.3, -0.25) is 9.69 Å². The molecule has 6 nitrogen and oxygen atoms in total. The molecular weight excluding hydrogens is 375 g/mol. The highest BCUT2D eigenvalue weighted by atomic mass is 19.1. The minimum absolute atomic E-state index is 0.0492. The summed E-state index contributed by atoms with van der Waals surface area (Å²) in [6, 6.07) is 9.81. The summed E-state index contributed by atoms with van der Waals surface area (Å²) < 4.78 is 24.7. The van der Waals surface area contributed by atoms with Crippen LogP contribution in [-0.2, 0) is 34.6 Å². The van der Waals surface area contributed by atoms with E-state index in [-0.39, 0.29) is 25.9 Å². The Morgan fingerprint density at radius 3 is 2.69 bits per heavy atom. The molecule has 0 saturated carbocycles. The first-order valence-electron chi connectivity index (χ1n) is 9.67. The van der Waals surface area contributed by atoms with Crippen molar-refractivity contribution >= 4 is 11.9 Å². The van der Waals surface area contributed by atoms with Crippen LogP contribution in [0.1, 0.15) is 42.5 Å². The molecule has 2 aliphatic rings. The van der Waals surface area contributed by atoms with Crippen molar-refractivity contribution in [2.24, 2.45) is 0 Å². The van der Waals surface area contributed by atoms with Gasteiger partial charge in [0.2, 0.25) is 0 Å². The number of carbonyl (C=O) groups excluding carboxylic acids is 2. The maximum absolute atomic E-state index is 14.0. The molecule has 1 N–H and O–H groups in total. The van der Waals surface area contributed by atoms with Crippen LogP contribution in [0.3, 0.4) is 0 Å². The van der Waals surface area contributed by atoms with Crippen LogP contribution in [0.2, 0.25) is 0 Å². The average molecular weight is 398 g/mol. The molecule has 1 fully saturated rings. The summed E-state index contributed by atoms with van der Waals surface area (Å²) >= 11 is 0. The van der Waals surface area contributed by atoms with Gasteiger partial charge >= 0.3 is 6.03 Å². The highest BCUT2D eigenvalue weighted by Gasteiger charge is 2.49. The molecule has 0 aromatic heterocycles. The van der Waals surface area contributed by atoms with Crippen LogP contribution in [0.15, 0.2) is 36.4 Å². The van der Waals surface area contributed by atoms with Crippen molar-refractivity contribution in [1.82, 2.24) is 10.2 Å². The van der Waals surface area contributed by atoms with E-state index in [1.807, 2.05) is 24.3 Å². The van der Waals surface area contributed by atoms with Crippen molar-refractivity contribution in [1.29, 1.82) is 0 Å². The molecule has 0 spiro atoms. The van der Waals surface area contributed by atoms with Crippen LogP contribution in [0.4, 0.5) is 9.18 Å². The molecule has 1 saturated heterocycles.